The first-order valence-corrected chi connectivity index (χ1v) is 3.23. The normalized spacial score (nSPS) is 13.0. The second-order valence-corrected chi connectivity index (χ2v) is 2.17. The van der Waals surface area contributed by atoms with Crippen molar-refractivity contribution >= 4 is 0 Å². The third-order valence-electron chi connectivity index (χ3n) is 1.31. The van der Waals surface area contributed by atoms with E-state index in [9.17, 15) is 4.39 Å². The van der Waals surface area contributed by atoms with Crippen LogP contribution in [0.3, 0.4) is 0 Å². The summed E-state index contributed by atoms with van der Waals surface area (Å²) in [6.45, 7) is -0.226. The Hall–Kier alpha value is -1.00. The van der Waals surface area contributed by atoms with Crippen LogP contribution in [-0.4, -0.2) is 16.7 Å². The Balaban J connectivity index is 2.86. The number of aromatic nitrogens is 1. The van der Waals surface area contributed by atoms with Crippen molar-refractivity contribution in [1.29, 1.82) is 0 Å². The van der Waals surface area contributed by atoms with E-state index in [1.807, 2.05) is 0 Å². The quantitative estimate of drug-likeness (QED) is 0.602. The molecule has 0 bridgehead atoms. The van der Waals surface area contributed by atoms with Crippen molar-refractivity contribution in [2.45, 2.75) is 6.04 Å². The monoisotopic (exact) mass is 156 g/mol. The number of nitrogens with zero attached hydrogens (tertiary/aromatic N) is 1. The molecule has 0 unspecified atom stereocenters. The average molecular weight is 156 g/mol. The average Bonchev–Trinajstić information content (AvgIpc) is 2.03. The Morgan fingerprint density at radius 1 is 1.64 bits per heavy atom. The second kappa shape index (κ2) is 3.41. The SMILES string of the molecule is N[C@@H](CO)c1cccc(F)n1. The van der Waals surface area contributed by atoms with E-state index in [4.69, 9.17) is 10.8 Å². The van der Waals surface area contributed by atoms with Gasteiger partial charge in [-0.05, 0) is 12.1 Å². The third-order valence-corrected chi connectivity index (χ3v) is 1.31. The predicted molar refractivity (Wildman–Crippen MR) is 38.2 cm³/mol. The number of halogens is 1. The molecule has 0 amide bonds. The lowest BCUT2D eigenvalue weighted by molar-refractivity contribution is 0.265. The van der Waals surface area contributed by atoms with E-state index in [0.717, 1.165) is 0 Å². The maximum atomic E-state index is 12.4. The molecule has 1 aromatic rings. The zero-order valence-electron chi connectivity index (χ0n) is 5.87. The summed E-state index contributed by atoms with van der Waals surface area (Å²) >= 11 is 0. The molecule has 4 heteroatoms. The van der Waals surface area contributed by atoms with E-state index in [1.54, 1.807) is 6.07 Å². The fourth-order valence-corrected chi connectivity index (χ4v) is 0.724. The summed E-state index contributed by atoms with van der Waals surface area (Å²) in [4.78, 5) is 3.49. The van der Waals surface area contributed by atoms with Gasteiger partial charge in [0.15, 0.2) is 0 Å². The van der Waals surface area contributed by atoms with Crippen LogP contribution < -0.4 is 5.73 Å². The molecule has 0 aliphatic carbocycles. The van der Waals surface area contributed by atoms with Crippen LogP contribution in [0.15, 0.2) is 18.2 Å². The number of aliphatic hydroxyl groups excluding tert-OH is 1. The van der Waals surface area contributed by atoms with E-state index in [1.165, 1.54) is 12.1 Å². The van der Waals surface area contributed by atoms with Crippen LogP contribution >= 0.6 is 0 Å². The van der Waals surface area contributed by atoms with Crippen molar-refractivity contribution in [3.8, 4) is 0 Å². The number of rotatable bonds is 2. The number of hydrogen-bond acceptors (Lipinski definition) is 3. The van der Waals surface area contributed by atoms with Gasteiger partial charge in [-0.25, -0.2) is 4.98 Å². The summed E-state index contributed by atoms with van der Waals surface area (Å²) in [5, 5.41) is 8.59. The number of hydrogen-bond donors (Lipinski definition) is 2. The molecule has 0 saturated carbocycles. The van der Waals surface area contributed by atoms with Crippen molar-refractivity contribution in [2.75, 3.05) is 6.61 Å². The summed E-state index contributed by atoms with van der Waals surface area (Å²) in [7, 11) is 0. The molecule has 0 aliphatic rings. The molecule has 1 aromatic heterocycles. The zero-order chi connectivity index (χ0) is 8.27. The molecule has 0 radical (unpaired) electrons. The van der Waals surface area contributed by atoms with Gasteiger partial charge < -0.3 is 10.8 Å². The molecule has 0 spiro atoms. The van der Waals surface area contributed by atoms with Crippen LogP contribution in [0.4, 0.5) is 4.39 Å². The standard InChI is InChI=1S/C7H9FN2O/c8-7-3-1-2-6(10-7)5(9)4-11/h1-3,5,11H,4,9H2/t5-/m0/s1. The first-order valence-electron chi connectivity index (χ1n) is 3.23. The van der Waals surface area contributed by atoms with Crippen LogP contribution in [0.25, 0.3) is 0 Å². The largest absolute Gasteiger partial charge is 0.394 e. The Kier molecular flexibility index (Phi) is 2.51. The van der Waals surface area contributed by atoms with Gasteiger partial charge in [0, 0.05) is 0 Å². The minimum absolute atomic E-state index is 0.226. The van der Waals surface area contributed by atoms with Crippen molar-refractivity contribution in [2.24, 2.45) is 5.73 Å². The topological polar surface area (TPSA) is 59.1 Å². The van der Waals surface area contributed by atoms with Crippen molar-refractivity contribution in [3.63, 3.8) is 0 Å². The van der Waals surface area contributed by atoms with E-state index in [-0.39, 0.29) is 6.61 Å². The van der Waals surface area contributed by atoms with Gasteiger partial charge in [0.25, 0.3) is 0 Å². The molecule has 0 aromatic carbocycles. The second-order valence-electron chi connectivity index (χ2n) is 2.17. The van der Waals surface area contributed by atoms with Gasteiger partial charge in [0.05, 0.1) is 18.3 Å². The van der Waals surface area contributed by atoms with Crippen LogP contribution in [0.2, 0.25) is 0 Å². The van der Waals surface area contributed by atoms with Gasteiger partial charge in [-0.1, -0.05) is 6.07 Å². The van der Waals surface area contributed by atoms with Crippen molar-refractivity contribution in [1.82, 2.24) is 4.98 Å². The maximum Gasteiger partial charge on any atom is 0.213 e. The van der Waals surface area contributed by atoms with Crippen LogP contribution in [0.1, 0.15) is 11.7 Å². The lowest BCUT2D eigenvalue weighted by Gasteiger charge is -2.05. The fourth-order valence-electron chi connectivity index (χ4n) is 0.724. The molecule has 0 saturated heterocycles. The third kappa shape index (κ3) is 1.96. The molecular formula is C7H9FN2O. The van der Waals surface area contributed by atoms with Crippen molar-refractivity contribution < 1.29 is 9.50 Å². The molecule has 0 aliphatic heterocycles. The Morgan fingerprint density at radius 3 is 2.91 bits per heavy atom. The zero-order valence-corrected chi connectivity index (χ0v) is 5.87. The minimum Gasteiger partial charge on any atom is -0.394 e. The molecule has 3 N–H and O–H groups in total. The summed E-state index contributed by atoms with van der Waals surface area (Å²) in [5.41, 5.74) is 5.75. The van der Waals surface area contributed by atoms with Gasteiger partial charge in [0.1, 0.15) is 0 Å². The summed E-state index contributed by atoms with van der Waals surface area (Å²) in [6, 6.07) is 3.72. The summed E-state index contributed by atoms with van der Waals surface area (Å²) in [6.07, 6.45) is 0. The Bertz CT molecular complexity index is 242. The fraction of sp³-hybridized carbons (Fsp3) is 0.286. The van der Waals surface area contributed by atoms with Gasteiger partial charge in [-0.3, -0.25) is 0 Å². The molecular weight excluding hydrogens is 147 g/mol. The molecule has 3 nitrogen and oxygen atoms in total. The number of pyridine rings is 1. The molecule has 1 atom stereocenters. The first kappa shape index (κ1) is 8.10. The van der Waals surface area contributed by atoms with Crippen molar-refractivity contribution in [3.05, 3.63) is 29.8 Å². The van der Waals surface area contributed by atoms with Gasteiger partial charge >= 0.3 is 0 Å². The first-order chi connectivity index (χ1) is 5.24. The van der Waals surface area contributed by atoms with E-state index in [0.29, 0.717) is 5.69 Å². The lowest BCUT2D eigenvalue weighted by atomic mass is 10.2. The number of aliphatic hydroxyl groups is 1. The smallest absolute Gasteiger partial charge is 0.213 e. The van der Waals surface area contributed by atoms with Gasteiger partial charge in [-0.2, -0.15) is 4.39 Å². The van der Waals surface area contributed by atoms with E-state index < -0.39 is 12.0 Å². The van der Waals surface area contributed by atoms with E-state index in [2.05, 4.69) is 4.98 Å². The predicted octanol–water partition coefficient (Wildman–Crippen LogP) is 0.213. The highest BCUT2D eigenvalue weighted by Gasteiger charge is 2.05. The lowest BCUT2D eigenvalue weighted by Crippen LogP contribution is -2.16. The van der Waals surface area contributed by atoms with Gasteiger partial charge in [0.2, 0.25) is 5.95 Å². The van der Waals surface area contributed by atoms with Crippen LogP contribution in [-0.2, 0) is 0 Å². The summed E-state index contributed by atoms with van der Waals surface area (Å²) in [5.74, 6) is -0.577. The number of nitrogens with two attached hydrogens (primary N) is 1. The molecule has 11 heavy (non-hydrogen) atoms. The van der Waals surface area contributed by atoms with Crippen LogP contribution in [0, 0.1) is 5.95 Å². The Morgan fingerprint density at radius 2 is 2.36 bits per heavy atom. The minimum atomic E-state index is -0.592. The summed E-state index contributed by atoms with van der Waals surface area (Å²) < 4.78 is 12.4. The maximum absolute atomic E-state index is 12.4. The van der Waals surface area contributed by atoms with E-state index >= 15 is 0 Å². The molecule has 1 rings (SSSR count). The molecule has 60 valence electrons. The Labute approximate surface area is 63.7 Å². The molecule has 0 fully saturated rings. The highest BCUT2D eigenvalue weighted by molar-refractivity contribution is 5.08. The molecule has 1 heterocycles. The highest BCUT2D eigenvalue weighted by Crippen LogP contribution is 2.05. The highest BCUT2D eigenvalue weighted by atomic mass is 19.1. The van der Waals surface area contributed by atoms with Crippen LogP contribution in [0.5, 0.6) is 0 Å². The van der Waals surface area contributed by atoms with Gasteiger partial charge in [-0.15, -0.1) is 0 Å².